The van der Waals surface area contributed by atoms with Crippen molar-refractivity contribution in [2.24, 2.45) is 0 Å². The maximum Gasteiger partial charge on any atom is 0.410 e. The second-order valence-corrected chi connectivity index (χ2v) is 7.89. The van der Waals surface area contributed by atoms with Gasteiger partial charge in [-0.25, -0.2) is 9.59 Å². The van der Waals surface area contributed by atoms with Crippen LogP contribution in [0.25, 0.3) is 0 Å². The lowest BCUT2D eigenvalue weighted by Gasteiger charge is -2.30. The number of hydrogen-bond acceptors (Lipinski definition) is 5. The summed E-state index contributed by atoms with van der Waals surface area (Å²) in [6, 6.07) is 0. The molecular weight excluding hydrogens is 318 g/mol. The zero-order chi connectivity index (χ0) is 17.4. The molecule has 1 aromatic heterocycles. The number of ether oxygens (including phenoxy) is 2. The number of aromatic carboxylic acids is 1. The Morgan fingerprint density at radius 1 is 1.30 bits per heavy atom. The van der Waals surface area contributed by atoms with E-state index < -0.39 is 11.6 Å². The van der Waals surface area contributed by atoms with Crippen LogP contribution in [-0.2, 0) is 17.7 Å². The van der Waals surface area contributed by atoms with Gasteiger partial charge in [-0.15, -0.1) is 11.3 Å². The van der Waals surface area contributed by atoms with Crippen molar-refractivity contribution < 1.29 is 24.2 Å². The molecule has 0 atom stereocenters. The minimum atomic E-state index is -0.996. The average Bonchev–Trinajstić information content (AvgIpc) is 2.74. The molecule has 0 bridgehead atoms. The second-order valence-electron chi connectivity index (χ2n) is 6.79. The quantitative estimate of drug-likeness (QED) is 0.910. The normalized spacial score (nSPS) is 14.6. The van der Waals surface area contributed by atoms with Crippen molar-refractivity contribution in [1.82, 2.24) is 4.90 Å². The van der Waals surface area contributed by atoms with E-state index in [0.717, 1.165) is 10.4 Å². The molecule has 1 N–H and O–H groups in total. The molecule has 2 heterocycles. The number of thiophene rings is 1. The molecule has 2 rings (SSSR count). The Kier molecular flexibility index (Phi) is 4.89. The number of carboxylic acids is 1. The summed E-state index contributed by atoms with van der Waals surface area (Å²) < 4.78 is 11.1. The monoisotopic (exact) mass is 341 g/mol. The van der Waals surface area contributed by atoms with Gasteiger partial charge in [0.05, 0.1) is 12.6 Å². The average molecular weight is 341 g/mol. The summed E-state index contributed by atoms with van der Waals surface area (Å²) in [6.45, 7) is 10.00. The van der Waals surface area contributed by atoms with Crippen LogP contribution in [0.15, 0.2) is 0 Å². The SMILES string of the molecule is CC(C)Oc1c(C(=O)O)sc2c1CN(C(=O)OC(C)(C)C)CC2. The van der Waals surface area contributed by atoms with E-state index in [1.54, 1.807) is 4.90 Å². The Morgan fingerprint density at radius 3 is 2.48 bits per heavy atom. The zero-order valence-electron chi connectivity index (χ0n) is 14.1. The Hall–Kier alpha value is -1.76. The molecule has 23 heavy (non-hydrogen) atoms. The number of carbonyl (C=O) groups is 2. The van der Waals surface area contributed by atoms with Crippen molar-refractivity contribution in [3.05, 3.63) is 15.3 Å². The predicted octanol–water partition coefficient (Wildman–Crippen LogP) is 3.53. The van der Waals surface area contributed by atoms with Gasteiger partial charge in [0, 0.05) is 23.4 Å². The number of carbonyl (C=O) groups excluding carboxylic acids is 1. The van der Waals surface area contributed by atoms with Crippen LogP contribution in [0.2, 0.25) is 0 Å². The van der Waals surface area contributed by atoms with Gasteiger partial charge in [-0.1, -0.05) is 0 Å². The molecule has 0 radical (unpaired) electrons. The van der Waals surface area contributed by atoms with Gasteiger partial charge in [-0.2, -0.15) is 0 Å². The first kappa shape index (κ1) is 17.6. The Labute approximate surface area is 140 Å². The molecule has 1 amide bonds. The summed E-state index contributed by atoms with van der Waals surface area (Å²) in [6.07, 6.45) is 0.0893. The topological polar surface area (TPSA) is 76.1 Å². The van der Waals surface area contributed by atoms with Gasteiger partial charge in [-0.05, 0) is 34.6 Å². The van der Waals surface area contributed by atoms with Crippen LogP contribution >= 0.6 is 11.3 Å². The molecule has 0 aliphatic carbocycles. The molecular formula is C16H23NO5S. The van der Waals surface area contributed by atoms with E-state index in [0.29, 0.717) is 25.3 Å². The maximum atomic E-state index is 12.2. The minimum Gasteiger partial charge on any atom is -0.489 e. The first-order chi connectivity index (χ1) is 10.6. The number of amides is 1. The van der Waals surface area contributed by atoms with E-state index >= 15 is 0 Å². The molecule has 0 saturated carbocycles. The molecule has 0 unspecified atom stereocenters. The molecule has 0 aromatic carbocycles. The third-order valence-corrected chi connectivity index (χ3v) is 4.46. The highest BCUT2D eigenvalue weighted by Crippen LogP contribution is 2.39. The maximum absolute atomic E-state index is 12.2. The molecule has 7 heteroatoms. The lowest BCUT2D eigenvalue weighted by molar-refractivity contribution is 0.0223. The highest BCUT2D eigenvalue weighted by Gasteiger charge is 2.32. The summed E-state index contributed by atoms with van der Waals surface area (Å²) in [4.78, 5) is 26.5. The van der Waals surface area contributed by atoms with Crippen LogP contribution in [0.3, 0.4) is 0 Å². The molecule has 0 saturated heterocycles. The van der Waals surface area contributed by atoms with E-state index in [4.69, 9.17) is 9.47 Å². The molecule has 6 nitrogen and oxygen atoms in total. The number of rotatable bonds is 3. The fourth-order valence-electron chi connectivity index (χ4n) is 2.35. The van der Waals surface area contributed by atoms with Gasteiger partial charge < -0.3 is 19.5 Å². The third kappa shape index (κ3) is 4.16. The highest BCUT2D eigenvalue weighted by molar-refractivity contribution is 7.14. The number of hydrogen-bond donors (Lipinski definition) is 1. The number of carboxylic acid groups (broad SMARTS) is 1. The summed E-state index contributed by atoms with van der Waals surface area (Å²) in [5, 5.41) is 9.38. The summed E-state index contributed by atoms with van der Waals surface area (Å²) >= 11 is 1.24. The van der Waals surface area contributed by atoms with E-state index in [1.807, 2.05) is 34.6 Å². The van der Waals surface area contributed by atoms with Gasteiger partial charge in [0.2, 0.25) is 0 Å². The first-order valence-electron chi connectivity index (χ1n) is 7.61. The van der Waals surface area contributed by atoms with Crippen LogP contribution < -0.4 is 4.74 Å². The Bertz CT molecular complexity index is 615. The van der Waals surface area contributed by atoms with Crippen LogP contribution in [0.1, 0.15) is 54.7 Å². The van der Waals surface area contributed by atoms with E-state index in [-0.39, 0.29) is 17.1 Å². The zero-order valence-corrected chi connectivity index (χ0v) is 15.0. The molecule has 1 aliphatic heterocycles. The van der Waals surface area contributed by atoms with Crippen molar-refractivity contribution >= 4 is 23.4 Å². The smallest absolute Gasteiger partial charge is 0.410 e. The van der Waals surface area contributed by atoms with Gasteiger partial charge in [0.25, 0.3) is 0 Å². The van der Waals surface area contributed by atoms with E-state index in [9.17, 15) is 14.7 Å². The molecule has 1 aromatic rings. The standard InChI is InChI=1S/C16H23NO5S/c1-9(2)21-12-10-8-17(15(20)22-16(3,4)5)7-6-11(10)23-13(12)14(18)19/h9H,6-8H2,1-5H3,(H,18,19). The summed E-state index contributed by atoms with van der Waals surface area (Å²) in [5.41, 5.74) is 0.230. The van der Waals surface area contributed by atoms with E-state index in [1.165, 1.54) is 11.3 Å². The highest BCUT2D eigenvalue weighted by atomic mass is 32.1. The van der Waals surface area contributed by atoms with Crippen molar-refractivity contribution in [1.29, 1.82) is 0 Å². The molecule has 0 spiro atoms. The van der Waals surface area contributed by atoms with Crippen molar-refractivity contribution in [2.45, 2.75) is 59.3 Å². The number of fused-ring (bicyclic) bond motifs is 1. The van der Waals surface area contributed by atoms with Gasteiger partial charge in [0.1, 0.15) is 11.4 Å². The van der Waals surface area contributed by atoms with Gasteiger partial charge >= 0.3 is 12.1 Å². The third-order valence-electron chi connectivity index (χ3n) is 3.20. The minimum absolute atomic E-state index is 0.135. The van der Waals surface area contributed by atoms with Crippen LogP contribution in [0, 0.1) is 0 Å². The molecule has 0 fully saturated rings. The summed E-state index contributed by atoms with van der Waals surface area (Å²) in [7, 11) is 0. The fraction of sp³-hybridized carbons (Fsp3) is 0.625. The lowest BCUT2D eigenvalue weighted by atomic mass is 10.1. The summed E-state index contributed by atoms with van der Waals surface area (Å²) in [5.74, 6) is -0.607. The van der Waals surface area contributed by atoms with E-state index in [2.05, 4.69) is 0 Å². The molecule has 1 aliphatic rings. The molecule has 128 valence electrons. The van der Waals surface area contributed by atoms with Gasteiger partial charge in [-0.3, -0.25) is 0 Å². The number of nitrogens with zero attached hydrogens (tertiary/aromatic N) is 1. The fourth-order valence-corrected chi connectivity index (χ4v) is 3.42. The van der Waals surface area contributed by atoms with Crippen molar-refractivity contribution in [3.63, 3.8) is 0 Å². The Morgan fingerprint density at radius 2 is 1.96 bits per heavy atom. The van der Waals surface area contributed by atoms with Crippen LogP contribution in [0.5, 0.6) is 5.75 Å². The van der Waals surface area contributed by atoms with Crippen molar-refractivity contribution in [2.75, 3.05) is 6.54 Å². The van der Waals surface area contributed by atoms with Gasteiger partial charge in [0.15, 0.2) is 4.88 Å². The largest absolute Gasteiger partial charge is 0.489 e. The predicted molar refractivity (Wildman–Crippen MR) is 87.4 cm³/mol. The van der Waals surface area contributed by atoms with Crippen molar-refractivity contribution in [3.8, 4) is 5.75 Å². The second kappa shape index (κ2) is 6.39. The first-order valence-corrected chi connectivity index (χ1v) is 8.42. The van der Waals surface area contributed by atoms with Crippen LogP contribution in [0.4, 0.5) is 4.79 Å². The van der Waals surface area contributed by atoms with Crippen LogP contribution in [-0.4, -0.2) is 40.3 Å². The lowest BCUT2D eigenvalue weighted by Crippen LogP contribution is -2.39. The Balaban J connectivity index is 2.28.